The molecule has 4 aromatic rings. The van der Waals surface area contributed by atoms with Gasteiger partial charge in [-0.2, -0.15) is 0 Å². The number of Topliss-reactive ketones (excluding diaryl/α,β-unsaturated/α-hetero) is 1. The van der Waals surface area contributed by atoms with Crippen LogP contribution < -0.4 is 10.9 Å². The van der Waals surface area contributed by atoms with E-state index in [1.165, 1.54) is 30.0 Å². The molecule has 194 valence electrons. The Labute approximate surface area is 227 Å². The fourth-order valence-corrected chi connectivity index (χ4v) is 6.52. The van der Waals surface area contributed by atoms with E-state index in [2.05, 4.69) is 5.32 Å². The van der Waals surface area contributed by atoms with Gasteiger partial charge < -0.3 is 10.2 Å². The van der Waals surface area contributed by atoms with Crippen molar-refractivity contribution in [1.82, 2.24) is 14.5 Å². The summed E-state index contributed by atoms with van der Waals surface area (Å²) >= 11 is 2.63. The van der Waals surface area contributed by atoms with Crippen molar-refractivity contribution >= 4 is 56.6 Å². The van der Waals surface area contributed by atoms with E-state index in [1.54, 1.807) is 40.7 Å². The highest BCUT2D eigenvalue weighted by atomic mass is 32.2. The Morgan fingerprint density at radius 2 is 1.76 bits per heavy atom. The highest BCUT2D eigenvalue weighted by Crippen LogP contribution is 2.34. The molecule has 0 saturated heterocycles. The molecular weight excluding hydrogens is 520 g/mol. The Morgan fingerprint density at radius 1 is 1.05 bits per heavy atom. The van der Waals surface area contributed by atoms with E-state index in [-0.39, 0.29) is 28.9 Å². The molecule has 0 bridgehead atoms. The molecule has 0 radical (unpaired) electrons. The van der Waals surface area contributed by atoms with Crippen molar-refractivity contribution in [2.24, 2.45) is 0 Å². The van der Waals surface area contributed by atoms with Gasteiger partial charge in [-0.05, 0) is 62.2 Å². The number of nitrogens with zero attached hydrogens (tertiary/aromatic N) is 3. The number of aromatic nitrogens is 2. The topological polar surface area (TPSA) is 101 Å². The molecule has 38 heavy (non-hydrogen) atoms. The number of hydrogen-bond donors (Lipinski definition) is 1. The number of amides is 2. The quantitative estimate of drug-likeness (QED) is 0.216. The van der Waals surface area contributed by atoms with Crippen molar-refractivity contribution < 1.29 is 14.4 Å². The first-order chi connectivity index (χ1) is 18.2. The lowest BCUT2D eigenvalue weighted by molar-refractivity contribution is -0.129. The normalized spacial score (nSPS) is 12.9. The number of anilines is 1. The number of benzene rings is 2. The molecule has 5 rings (SSSR count). The molecule has 2 aromatic heterocycles. The van der Waals surface area contributed by atoms with Gasteiger partial charge in [0.15, 0.2) is 10.9 Å². The molecule has 8 nitrogen and oxygen atoms in total. The molecule has 3 heterocycles. The number of thiophene rings is 1. The predicted octanol–water partition coefficient (Wildman–Crippen LogP) is 4.59. The maximum atomic E-state index is 13.9. The Hall–Kier alpha value is -3.76. The Bertz CT molecular complexity index is 1620. The maximum Gasteiger partial charge on any atom is 0.267 e. The number of hydrogen-bond acceptors (Lipinski definition) is 7. The minimum absolute atomic E-state index is 0.0105. The van der Waals surface area contributed by atoms with Crippen molar-refractivity contribution in [3.05, 3.63) is 80.5 Å². The minimum atomic E-state index is -0.252. The van der Waals surface area contributed by atoms with Crippen LogP contribution in [-0.4, -0.2) is 44.3 Å². The lowest BCUT2D eigenvalue weighted by Gasteiger charge is -2.25. The van der Waals surface area contributed by atoms with Gasteiger partial charge >= 0.3 is 0 Å². The fourth-order valence-electron chi connectivity index (χ4n) is 4.43. The van der Waals surface area contributed by atoms with Gasteiger partial charge in [0.05, 0.1) is 23.4 Å². The minimum Gasteiger partial charge on any atom is -0.337 e. The number of aryl methyl sites for hydroxylation is 1. The monoisotopic (exact) mass is 546 g/mol. The van der Waals surface area contributed by atoms with E-state index < -0.39 is 0 Å². The third kappa shape index (κ3) is 5.14. The van der Waals surface area contributed by atoms with Crippen molar-refractivity contribution in [3.8, 4) is 5.69 Å². The van der Waals surface area contributed by atoms with Crippen LogP contribution >= 0.6 is 23.1 Å². The van der Waals surface area contributed by atoms with Gasteiger partial charge in [0.25, 0.3) is 5.56 Å². The van der Waals surface area contributed by atoms with E-state index in [0.29, 0.717) is 51.8 Å². The smallest absolute Gasteiger partial charge is 0.267 e. The number of carbonyl (C=O) groups excluding carboxylic acids is 3. The zero-order valence-corrected chi connectivity index (χ0v) is 22.9. The molecule has 1 aliphatic heterocycles. The first-order valence-corrected chi connectivity index (χ1v) is 13.9. The van der Waals surface area contributed by atoms with Gasteiger partial charge in [-0.15, -0.1) is 11.3 Å². The summed E-state index contributed by atoms with van der Waals surface area (Å²) in [4.78, 5) is 58.3. The molecule has 2 aromatic carbocycles. The predicted molar refractivity (Wildman–Crippen MR) is 151 cm³/mol. The summed E-state index contributed by atoms with van der Waals surface area (Å²) < 4.78 is 1.58. The number of nitrogens with one attached hydrogen (secondary N) is 1. The molecule has 2 amide bonds. The highest BCUT2D eigenvalue weighted by molar-refractivity contribution is 7.99. The van der Waals surface area contributed by atoms with Gasteiger partial charge in [0.1, 0.15) is 4.83 Å². The Morgan fingerprint density at radius 3 is 2.42 bits per heavy atom. The van der Waals surface area contributed by atoms with Crippen LogP contribution in [0.1, 0.15) is 40.2 Å². The second-order valence-corrected chi connectivity index (χ2v) is 11.2. The molecule has 1 N–H and O–H groups in total. The van der Waals surface area contributed by atoms with Crippen LogP contribution in [-0.2, 0) is 22.6 Å². The second kappa shape index (κ2) is 10.5. The first-order valence-electron chi connectivity index (χ1n) is 12.1. The second-order valence-electron chi connectivity index (χ2n) is 9.22. The number of carbonyl (C=O) groups is 3. The van der Waals surface area contributed by atoms with Crippen LogP contribution in [0, 0.1) is 6.92 Å². The number of fused-ring (bicyclic) bond motifs is 3. The van der Waals surface area contributed by atoms with E-state index in [9.17, 15) is 19.2 Å². The third-order valence-electron chi connectivity index (χ3n) is 6.49. The lowest BCUT2D eigenvalue weighted by atomic mass is 10.1. The van der Waals surface area contributed by atoms with Gasteiger partial charge in [0, 0.05) is 29.6 Å². The lowest BCUT2D eigenvalue weighted by Crippen LogP contribution is -2.34. The van der Waals surface area contributed by atoms with Crippen LogP contribution in [0.15, 0.2) is 58.5 Å². The summed E-state index contributed by atoms with van der Waals surface area (Å²) in [6, 6.07) is 14.3. The van der Waals surface area contributed by atoms with Crippen molar-refractivity contribution in [3.63, 3.8) is 0 Å². The van der Waals surface area contributed by atoms with Gasteiger partial charge in [-0.25, -0.2) is 4.98 Å². The van der Waals surface area contributed by atoms with E-state index >= 15 is 0 Å². The molecule has 0 atom stereocenters. The molecule has 1 aliphatic rings. The molecule has 0 aliphatic carbocycles. The van der Waals surface area contributed by atoms with E-state index in [0.717, 1.165) is 16.0 Å². The summed E-state index contributed by atoms with van der Waals surface area (Å²) in [6.45, 7) is 6.07. The molecule has 10 heteroatoms. The summed E-state index contributed by atoms with van der Waals surface area (Å²) in [7, 11) is 0. The van der Waals surface area contributed by atoms with Gasteiger partial charge in [0.2, 0.25) is 11.8 Å². The number of rotatable bonds is 6. The number of ketones is 1. The van der Waals surface area contributed by atoms with Crippen LogP contribution in [0.3, 0.4) is 0 Å². The van der Waals surface area contributed by atoms with Gasteiger partial charge in [-0.3, -0.25) is 23.7 Å². The molecular formula is C28H26N4O4S2. The fraction of sp³-hybridized carbons (Fsp3) is 0.250. The summed E-state index contributed by atoms with van der Waals surface area (Å²) in [5.74, 6) is -0.242. The van der Waals surface area contributed by atoms with Crippen LogP contribution in [0.2, 0.25) is 0 Å². The van der Waals surface area contributed by atoms with Gasteiger partial charge in [-0.1, -0.05) is 29.5 Å². The van der Waals surface area contributed by atoms with Crippen molar-refractivity contribution in [1.29, 1.82) is 0 Å². The molecule has 0 spiro atoms. The summed E-state index contributed by atoms with van der Waals surface area (Å²) in [5, 5.41) is 3.85. The SMILES string of the molecule is CC(=O)c1ccc(NC(=O)CSc2nc3sc4c(c3c(=O)n2-c2ccc(C)cc2)CCN(C(C)=O)C4)cc1. The maximum absolute atomic E-state index is 13.9. The summed E-state index contributed by atoms with van der Waals surface area (Å²) in [6.07, 6.45) is 0.608. The van der Waals surface area contributed by atoms with Crippen LogP contribution in [0.4, 0.5) is 5.69 Å². The van der Waals surface area contributed by atoms with Crippen molar-refractivity contribution in [2.45, 2.75) is 38.9 Å². The first kappa shape index (κ1) is 25.9. The number of thioether (sulfide) groups is 1. The average molecular weight is 547 g/mol. The standard InChI is InChI=1S/C28H26N4O4S2/c1-16-4-10-21(11-5-16)32-27(36)25-22-12-13-31(18(3)34)14-23(22)38-26(25)30-28(32)37-15-24(35)29-20-8-6-19(7-9-20)17(2)33/h4-11H,12-15H2,1-3H3,(H,29,35). The largest absolute Gasteiger partial charge is 0.337 e. The van der Waals surface area contributed by atoms with Crippen LogP contribution in [0.25, 0.3) is 15.9 Å². The molecule has 0 saturated carbocycles. The van der Waals surface area contributed by atoms with E-state index in [1.807, 2.05) is 31.2 Å². The summed E-state index contributed by atoms with van der Waals surface area (Å²) in [5.41, 5.74) is 3.69. The zero-order valence-electron chi connectivity index (χ0n) is 21.2. The molecule has 0 unspecified atom stereocenters. The average Bonchev–Trinajstić information content (AvgIpc) is 3.26. The Balaban J connectivity index is 1.48. The third-order valence-corrected chi connectivity index (χ3v) is 8.54. The Kier molecular flexibility index (Phi) is 7.18. The van der Waals surface area contributed by atoms with E-state index in [4.69, 9.17) is 4.98 Å². The zero-order chi connectivity index (χ0) is 27.0. The highest BCUT2D eigenvalue weighted by Gasteiger charge is 2.26. The van der Waals surface area contributed by atoms with Crippen molar-refractivity contribution in [2.75, 3.05) is 17.6 Å². The molecule has 0 fully saturated rings. The van der Waals surface area contributed by atoms with Crippen LogP contribution in [0.5, 0.6) is 0 Å².